The van der Waals surface area contributed by atoms with E-state index in [1.165, 1.54) is 17.5 Å². The average Bonchev–Trinajstić information content (AvgIpc) is 2.15. The van der Waals surface area contributed by atoms with Crippen molar-refractivity contribution in [3.63, 3.8) is 0 Å². The minimum atomic E-state index is 1.10. The summed E-state index contributed by atoms with van der Waals surface area (Å²) in [6.45, 7) is 6.60. The van der Waals surface area contributed by atoms with Crippen molar-refractivity contribution in [1.29, 1.82) is 0 Å². The molecule has 0 aliphatic carbocycles. The van der Waals surface area contributed by atoms with Gasteiger partial charge in [0.1, 0.15) is 0 Å². The molecule has 0 bridgehead atoms. The van der Waals surface area contributed by atoms with Gasteiger partial charge < -0.3 is 5.32 Å². The second-order valence-electron chi connectivity index (χ2n) is 3.43. The zero-order chi connectivity index (χ0) is 9.52. The van der Waals surface area contributed by atoms with Crippen molar-refractivity contribution >= 4 is 0 Å². The maximum absolute atomic E-state index is 3.41. The fourth-order valence-corrected chi connectivity index (χ4v) is 1.42. The van der Waals surface area contributed by atoms with Crippen molar-refractivity contribution in [3.8, 4) is 0 Å². The van der Waals surface area contributed by atoms with Crippen LogP contribution in [0.25, 0.3) is 0 Å². The molecule has 0 atom stereocenters. The molecule has 0 unspecified atom stereocenters. The van der Waals surface area contributed by atoms with Gasteiger partial charge in [-0.15, -0.1) is 0 Å². The lowest BCUT2D eigenvalue weighted by atomic mass is 10.1. The molecule has 0 aromatic heterocycles. The lowest BCUT2D eigenvalue weighted by molar-refractivity contribution is 0.670. The van der Waals surface area contributed by atoms with E-state index in [9.17, 15) is 0 Å². The van der Waals surface area contributed by atoms with E-state index in [1.54, 1.807) is 0 Å². The molecule has 1 aromatic rings. The van der Waals surface area contributed by atoms with Crippen molar-refractivity contribution in [1.82, 2.24) is 5.32 Å². The molecule has 1 heteroatoms. The fraction of sp³-hybridized carbons (Fsp3) is 0.500. The average molecular weight is 177 g/mol. The first kappa shape index (κ1) is 10.3. The molecule has 0 heterocycles. The Morgan fingerprint density at radius 2 is 1.92 bits per heavy atom. The van der Waals surface area contributed by atoms with Gasteiger partial charge in [0.2, 0.25) is 0 Å². The second-order valence-corrected chi connectivity index (χ2v) is 3.43. The molecule has 0 aliphatic rings. The van der Waals surface area contributed by atoms with Crippen LogP contribution < -0.4 is 5.32 Å². The predicted molar refractivity (Wildman–Crippen MR) is 58.0 cm³/mol. The summed E-state index contributed by atoms with van der Waals surface area (Å²) in [5, 5.41) is 3.41. The Hall–Kier alpha value is -0.820. The van der Waals surface area contributed by atoms with Crippen molar-refractivity contribution in [2.45, 2.75) is 26.7 Å². The van der Waals surface area contributed by atoms with E-state index in [4.69, 9.17) is 0 Å². The van der Waals surface area contributed by atoms with Gasteiger partial charge in [0.25, 0.3) is 0 Å². The van der Waals surface area contributed by atoms with Gasteiger partial charge in [0.05, 0.1) is 0 Å². The van der Waals surface area contributed by atoms with Crippen molar-refractivity contribution < 1.29 is 0 Å². The standard InChI is InChI=1S/C12H19N/c1-3-9-13-10-8-12-7-5-4-6-11(12)2/h4-7,13H,3,8-10H2,1-2H3. The van der Waals surface area contributed by atoms with E-state index >= 15 is 0 Å². The minimum Gasteiger partial charge on any atom is -0.316 e. The van der Waals surface area contributed by atoms with E-state index in [2.05, 4.69) is 43.4 Å². The molecule has 13 heavy (non-hydrogen) atoms. The number of hydrogen-bond acceptors (Lipinski definition) is 1. The Morgan fingerprint density at radius 1 is 1.15 bits per heavy atom. The third kappa shape index (κ3) is 3.60. The van der Waals surface area contributed by atoms with Crippen LogP contribution in [0.15, 0.2) is 24.3 Å². The monoisotopic (exact) mass is 177 g/mol. The summed E-state index contributed by atoms with van der Waals surface area (Å²) in [6.07, 6.45) is 2.36. The molecular weight excluding hydrogens is 158 g/mol. The van der Waals surface area contributed by atoms with Crippen LogP contribution in [0.3, 0.4) is 0 Å². The molecule has 0 saturated heterocycles. The first-order valence-electron chi connectivity index (χ1n) is 5.10. The summed E-state index contributed by atoms with van der Waals surface area (Å²) >= 11 is 0. The Labute approximate surface area is 81.2 Å². The molecule has 0 spiro atoms. The van der Waals surface area contributed by atoms with Crippen molar-refractivity contribution in [2.24, 2.45) is 0 Å². The topological polar surface area (TPSA) is 12.0 Å². The van der Waals surface area contributed by atoms with Crippen LogP contribution >= 0.6 is 0 Å². The van der Waals surface area contributed by atoms with Crippen LogP contribution in [0, 0.1) is 6.92 Å². The Balaban J connectivity index is 2.32. The molecule has 0 aliphatic heterocycles. The highest BCUT2D eigenvalue weighted by molar-refractivity contribution is 5.25. The van der Waals surface area contributed by atoms with Crippen molar-refractivity contribution in [2.75, 3.05) is 13.1 Å². The molecule has 72 valence electrons. The lowest BCUT2D eigenvalue weighted by Gasteiger charge is -2.05. The van der Waals surface area contributed by atoms with Gasteiger partial charge in [-0.1, -0.05) is 31.2 Å². The number of aryl methyl sites for hydroxylation is 1. The van der Waals surface area contributed by atoms with Crippen LogP contribution in [0.5, 0.6) is 0 Å². The van der Waals surface area contributed by atoms with Gasteiger partial charge >= 0.3 is 0 Å². The van der Waals surface area contributed by atoms with Gasteiger partial charge in [-0.2, -0.15) is 0 Å². The molecule has 0 saturated carbocycles. The molecule has 1 aromatic carbocycles. The van der Waals surface area contributed by atoms with Crippen LogP contribution in [0.4, 0.5) is 0 Å². The predicted octanol–water partition coefficient (Wildman–Crippen LogP) is 2.54. The number of nitrogens with one attached hydrogen (secondary N) is 1. The highest BCUT2D eigenvalue weighted by Crippen LogP contribution is 2.06. The highest BCUT2D eigenvalue weighted by atomic mass is 14.8. The van der Waals surface area contributed by atoms with E-state index in [0.29, 0.717) is 0 Å². The van der Waals surface area contributed by atoms with Crippen molar-refractivity contribution in [3.05, 3.63) is 35.4 Å². The second kappa shape index (κ2) is 5.76. The molecular formula is C12H19N. The largest absolute Gasteiger partial charge is 0.316 e. The molecule has 1 nitrogen and oxygen atoms in total. The van der Waals surface area contributed by atoms with Crippen LogP contribution in [-0.2, 0) is 6.42 Å². The zero-order valence-corrected chi connectivity index (χ0v) is 8.64. The Kier molecular flexibility index (Phi) is 4.55. The highest BCUT2D eigenvalue weighted by Gasteiger charge is 1.95. The zero-order valence-electron chi connectivity index (χ0n) is 8.64. The summed E-state index contributed by atoms with van der Waals surface area (Å²) in [5.41, 5.74) is 2.87. The number of hydrogen-bond donors (Lipinski definition) is 1. The summed E-state index contributed by atoms with van der Waals surface area (Å²) in [7, 11) is 0. The number of rotatable bonds is 5. The first-order valence-corrected chi connectivity index (χ1v) is 5.10. The third-order valence-corrected chi connectivity index (χ3v) is 2.26. The van der Waals surface area contributed by atoms with E-state index in [-0.39, 0.29) is 0 Å². The maximum Gasteiger partial charge on any atom is -0.000825 e. The van der Waals surface area contributed by atoms with Gasteiger partial charge in [-0.3, -0.25) is 0 Å². The summed E-state index contributed by atoms with van der Waals surface area (Å²) in [6, 6.07) is 8.60. The smallest absolute Gasteiger partial charge is 0.000825 e. The lowest BCUT2D eigenvalue weighted by Crippen LogP contribution is -2.18. The summed E-state index contributed by atoms with van der Waals surface area (Å²) in [5.74, 6) is 0. The van der Waals surface area contributed by atoms with Gasteiger partial charge in [-0.25, -0.2) is 0 Å². The molecule has 1 rings (SSSR count). The minimum absolute atomic E-state index is 1.10. The molecule has 0 amide bonds. The first-order chi connectivity index (χ1) is 6.34. The van der Waals surface area contributed by atoms with Crippen LogP contribution in [0.1, 0.15) is 24.5 Å². The normalized spacial score (nSPS) is 10.3. The Morgan fingerprint density at radius 3 is 2.62 bits per heavy atom. The molecule has 0 radical (unpaired) electrons. The van der Waals surface area contributed by atoms with Gasteiger partial charge in [0.15, 0.2) is 0 Å². The van der Waals surface area contributed by atoms with Crippen LogP contribution in [-0.4, -0.2) is 13.1 Å². The molecule has 1 N–H and O–H groups in total. The fourth-order valence-electron chi connectivity index (χ4n) is 1.42. The Bertz CT molecular complexity index is 243. The third-order valence-electron chi connectivity index (χ3n) is 2.26. The summed E-state index contributed by atoms with van der Waals surface area (Å²) in [4.78, 5) is 0. The SMILES string of the molecule is CCCNCCc1ccccc1C. The van der Waals surface area contributed by atoms with Gasteiger partial charge in [-0.05, 0) is 44.0 Å². The number of benzene rings is 1. The van der Waals surface area contributed by atoms with E-state index in [1.807, 2.05) is 0 Å². The molecule has 0 fully saturated rings. The quantitative estimate of drug-likeness (QED) is 0.681. The van der Waals surface area contributed by atoms with Gasteiger partial charge in [0, 0.05) is 0 Å². The van der Waals surface area contributed by atoms with E-state index < -0.39 is 0 Å². The summed E-state index contributed by atoms with van der Waals surface area (Å²) < 4.78 is 0. The maximum atomic E-state index is 3.41. The van der Waals surface area contributed by atoms with Crippen LogP contribution in [0.2, 0.25) is 0 Å². The van der Waals surface area contributed by atoms with E-state index in [0.717, 1.165) is 19.5 Å².